The van der Waals surface area contributed by atoms with E-state index in [1.54, 1.807) is 29.2 Å². The SMILES string of the molecule is O=C(N/N=C/c1ccccc1)c1nc2c(c(=O)[nH]1)C1CCCN1C(=O)N2c1ccccc1. The number of amides is 3. The summed E-state index contributed by atoms with van der Waals surface area (Å²) in [4.78, 5) is 49.0. The maximum Gasteiger partial charge on any atom is 0.330 e. The van der Waals surface area contributed by atoms with Crippen LogP contribution in [0.25, 0.3) is 0 Å². The summed E-state index contributed by atoms with van der Waals surface area (Å²) in [6.45, 7) is 0.572. The standard InChI is InChI=1S/C23H20N6O3/c30-21-18-17-12-7-13-28(17)23(32)29(16-10-5-2-6-11-16)20(18)25-19(26-21)22(31)27-24-14-15-8-3-1-4-9-15/h1-6,8-11,14,17H,7,12-13H2,(H,27,31)(H,25,26,30)/b24-14+. The normalized spacial score (nSPS) is 17.4. The quantitative estimate of drug-likeness (QED) is 0.492. The number of aromatic nitrogens is 2. The van der Waals surface area contributed by atoms with E-state index in [0.29, 0.717) is 24.2 Å². The molecule has 0 aliphatic carbocycles. The first-order valence-electron chi connectivity index (χ1n) is 10.3. The molecule has 2 aromatic carbocycles. The zero-order chi connectivity index (χ0) is 22.1. The fraction of sp³-hybridized carbons (Fsp3) is 0.174. The molecule has 5 rings (SSSR count). The van der Waals surface area contributed by atoms with Gasteiger partial charge in [0.15, 0.2) is 5.82 Å². The van der Waals surface area contributed by atoms with Gasteiger partial charge in [-0.05, 0) is 30.5 Å². The first-order valence-corrected chi connectivity index (χ1v) is 10.3. The molecule has 0 bridgehead atoms. The summed E-state index contributed by atoms with van der Waals surface area (Å²) in [7, 11) is 0. The molecule has 32 heavy (non-hydrogen) atoms. The van der Waals surface area contributed by atoms with E-state index >= 15 is 0 Å². The minimum Gasteiger partial charge on any atom is -0.317 e. The van der Waals surface area contributed by atoms with Gasteiger partial charge in [-0.25, -0.2) is 20.1 Å². The van der Waals surface area contributed by atoms with Crippen molar-refractivity contribution in [2.75, 3.05) is 11.4 Å². The van der Waals surface area contributed by atoms with Crippen LogP contribution in [0.2, 0.25) is 0 Å². The van der Waals surface area contributed by atoms with Gasteiger partial charge in [-0.15, -0.1) is 0 Å². The van der Waals surface area contributed by atoms with E-state index in [2.05, 4.69) is 20.5 Å². The van der Waals surface area contributed by atoms with Gasteiger partial charge in [-0.1, -0.05) is 48.5 Å². The van der Waals surface area contributed by atoms with E-state index in [1.165, 1.54) is 11.1 Å². The molecule has 3 amide bonds. The Morgan fingerprint density at radius 1 is 1.09 bits per heavy atom. The Labute approximate surface area is 183 Å². The molecule has 0 radical (unpaired) electrons. The van der Waals surface area contributed by atoms with Crippen molar-refractivity contribution in [1.29, 1.82) is 0 Å². The van der Waals surface area contributed by atoms with Gasteiger partial charge in [0.1, 0.15) is 0 Å². The molecular formula is C23H20N6O3. The van der Waals surface area contributed by atoms with Gasteiger partial charge in [0.2, 0.25) is 5.82 Å². The smallest absolute Gasteiger partial charge is 0.317 e. The first kappa shape index (κ1) is 19.7. The lowest BCUT2D eigenvalue weighted by molar-refractivity contribution is 0.0944. The number of urea groups is 1. The molecule has 160 valence electrons. The number of benzene rings is 2. The average molecular weight is 428 g/mol. The van der Waals surface area contributed by atoms with Crippen molar-refractivity contribution in [1.82, 2.24) is 20.3 Å². The Hall–Kier alpha value is -4.27. The Kier molecular flexibility index (Phi) is 4.98. The highest BCUT2D eigenvalue weighted by Crippen LogP contribution is 2.42. The van der Waals surface area contributed by atoms with Crippen LogP contribution in [0, 0.1) is 0 Å². The third-order valence-corrected chi connectivity index (χ3v) is 5.58. The molecule has 1 atom stereocenters. The zero-order valence-corrected chi connectivity index (χ0v) is 17.1. The summed E-state index contributed by atoms with van der Waals surface area (Å²) >= 11 is 0. The van der Waals surface area contributed by atoms with Crippen LogP contribution in [0.4, 0.5) is 16.3 Å². The van der Waals surface area contributed by atoms with E-state index in [4.69, 9.17) is 0 Å². The van der Waals surface area contributed by atoms with Crippen LogP contribution in [-0.2, 0) is 0 Å². The third-order valence-electron chi connectivity index (χ3n) is 5.58. The Morgan fingerprint density at radius 2 is 1.81 bits per heavy atom. The molecule has 2 aliphatic rings. The number of nitrogens with zero attached hydrogens (tertiary/aromatic N) is 4. The number of nitrogens with one attached hydrogen (secondary N) is 2. The van der Waals surface area contributed by atoms with E-state index < -0.39 is 11.5 Å². The van der Waals surface area contributed by atoms with Crippen molar-refractivity contribution in [3.05, 3.63) is 88.0 Å². The number of anilines is 2. The predicted molar refractivity (Wildman–Crippen MR) is 119 cm³/mol. The number of carbonyl (C=O) groups is 2. The molecule has 1 unspecified atom stereocenters. The van der Waals surface area contributed by atoms with E-state index in [0.717, 1.165) is 12.0 Å². The van der Waals surface area contributed by atoms with Crippen molar-refractivity contribution >= 4 is 29.7 Å². The van der Waals surface area contributed by atoms with Gasteiger partial charge in [0.05, 0.1) is 23.5 Å². The molecular weight excluding hydrogens is 408 g/mol. The molecule has 2 N–H and O–H groups in total. The van der Waals surface area contributed by atoms with Gasteiger partial charge >= 0.3 is 11.9 Å². The van der Waals surface area contributed by atoms with Crippen LogP contribution in [0.5, 0.6) is 0 Å². The second kappa shape index (κ2) is 8.10. The van der Waals surface area contributed by atoms with Crippen molar-refractivity contribution in [3.63, 3.8) is 0 Å². The van der Waals surface area contributed by atoms with Crippen LogP contribution in [0.3, 0.4) is 0 Å². The highest BCUT2D eigenvalue weighted by Gasteiger charge is 2.44. The number of para-hydroxylation sites is 1. The van der Waals surface area contributed by atoms with Gasteiger partial charge in [0, 0.05) is 6.54 Å². The Balaban J connectivity index is 1.53. The van der Waals surface area contributed by atoms with Crippen molar-refractivity contribution < 1.29 is 9.59 Å². The topological polar surface area (TPSA) is 111 Å². The molecule has 2 aliphatic heterocycles. The van der Waals surface area contributed by atoms with Crippen LogP contribution >= 0.6 is 0 Å². The fourth-order valence-electron chi connectivity index (χ4n) is 4.13. The number of hydrogen-bond donors (Lipinski definition) is 2. The highest BCUT2D eigenvalue weighted by atomic mass is 16.2. The monoisotopic (exact) mass is 428 g/mol. The second-order valence-corrected chi connectivity index (χ2v) is 7.57. The summed E-state index contributed by atoms with van der Waals surface area (Å²) < 4.78 is 0. The predicted octanol–water partition coefficient (Wildman–Crippen LogP) is 2.94. The van der Waals surface area contributed by atoms with Crippen LogP contribution in [0.15, 0.2) is 70.6 Å². The number of H-pyrrole nitrogens is 1. The number of hydrazone groups is 1. The van der Waals surface area contributed by atoms with Gasteiger partial charge < -0.3 is 9.88 Å². The van der Waals surface area contributed by atoms with Crippen molar-refractivity contribution in [2.45, 2.75) is 18.9 Å². The largest absolute Gasteiger partial charge is 0.330 e. The van der Waals surface area contributed by atoms with Crippen LogP contribution in [-0.4, -0.2) is 39.6 Å². The summed E-state index contributed by atoms with van der Waals surface area (Å²) in [6, 6.07) is 17.6. The van der Waals surface area contributed by atoms with Crippen LogP contribution < -0.4 is 15.9 Å². The summed E-state index contributed by atoms with van der Waals surface area (Å²) in [5, 5.41) is 3.93. The lowest BCUT2D eigenvalue weighted by Crippen LogP contribution is -2.48. The lowest BCUT2D eigenvalue weighted by Gasteiger charge is -2.37. The molecule has 3 aromatic rings. The molecule has 1 aromatic heterocycles. The molecule has 1 fully saturated rings. The van der Waals surface area contributed by atoms with Crippen LogP contribution in [0.1, 0.15) is 40.6 Å². The van der Waals surface area contributed by atoms with Gasteiger partial charge in [-0.2, -0.15) is 5.10 Å². The van der Waals surface area contributed by atoms with Crippen molar-refractivity contribution in [2.24, 2.45) is 5.10 Å². The first-order chi connectivity index (χ1) is 15.6. The summed E-state index contributed by atoms with van der Waals surface area (Å²) in [5.74, 6) is -0.698. The van der Waals surface area contributed by atoms with E-state index in [1.807, 2.05) is 36.4 Å². The number of aromatic amines is 1. The minimum absolute atomic E-state index is 0.185. The number of carbonyl (C=O) groups excluding carboxylic acids is 2. The maximum absolute atomic E-state index is 13.3. The molecule has 3 heterocycles. The lowest BCUT2D eigenvalue weighted by atomic mass is 10.0. The fourth-order valence-corrected chi connectivity index (χ4v) is 4.13. The third kappa shape index (κ3) is 3.43. The second-order valence-electron chi connectivity index (χ2n) is 7.57. The molecule has 9 heteroatoms. The van der Waals surface area contributed by atoms with E-state index in [9.17, 15) is 14.4 Å². The minimum atomic E-state index is -0.675. The Morgan fingerprint density at radius 3 is 2.56 bits per heavy atom. The zero-order valence-electron chi connectivity index (χ0n) is 17.1. The highest BCUT2D eigenvalue weighted by molar-refractivity contribution is 6.02. The van der Waals surface area contributed by atoms with Gasteiger partial charge in [-0.3, -0.25) is 9.59 Å². The van der Waals surface area contributed by atoms with Crippen molar-refractivity contribution in [3.8, 4) is 0 Å². The molecule has 0 saturated carbocycles. The molecule has 1 saturated heterocycles. The van der Waals surface area contributed by atoms with E-state index in [-0.39, 0.29) is 23.7 Å². The molecule has 0 spiro atoms. The number of rotatable bonds is 4. The summed E-state index contributed by atoms with van der Waals surface area (Å²) in [6.07, 6.45) is 2.97. The maximum atomic E-state index is 13.3. The number of hydrogen-bond acceptors (Lipinski definition) is 5. The summed E-state index contributed by atoms with van der Waals surface area (Å²) in [5.41, 5.74) is 3.73. The Bertz CT molecular complexity index is 1260. The molecule has 9 nitrogen and oxygen atoms in total. The average Bonchev–Trinajstić information content (AvgIpc) is 3.30. The van der Waals surface area contributed by atoms with Gasteiger partial charge in [0.25, 0.3) is 5.56 Å². The number of fused-ring (bicyclic) bond motifs is 3.